The molecule has 0 bridgehead atoms. The van der Waals surface area contributed by atoms with Gasteiger partial charge in [-0.05, 0) is 20.8 Å². The standard InChI is InChI=1S/C11H19NO5/c1-7(13)15-6-9-8(5-16-9)12-10(14)17-11(2,3)4/h8-9H,5-6H2,1-4H3,(H,12,14)/t8-,9+/m0/s1. The van der Waals surface area contributed by atoms with Gasteiger partial charge in [-0.1, -0.05) is 0 Å². The molecule has 1 aliphatic rings. The van der Waals surface area contributed by atoms with Crippen LogP contribution in [-0.2, 0) is 19.0 Å². The van der Waals surface area contributed by atoms with Gasteiger partial charge >= 0.3 is 12.1 Å². The Hall–Kier alpha value is -1.30. The average Bonchev–Trinajstić information content (AvgIpc) is 2.09. The Morgan fingerprint density at radius 2 is 2.06 bits per heavy atom. The Morgan fingerprint density at radius 3 is 2.47 bits per heavy atom. The molecule has 0 radical (unpaired) electrons. The first-order chi connectivity index (χ1) is 7.78. The van der Waals surface area contributed by atoms with Gasteiger partial charge in [-0.3, -0.25) is 4.79 Å². The Bertz CT molecular complexity index is 297. The Kier molecular flexibility index (Phi) is 4.34. The van der Waals surface area contributed by atoms with E-state index in [1.54, 1.807) is 20.8 Å². The molecular weight excluding hydrogens is 226 g/mol. The molecule has 1 amide bonds. The summed E-state index contributed by atoms with van der Waals surface area (Å²) in [6.07, 6.45) is -0.773. The monoisotopic (exact) mass is 245 g/mol. The highest BCUT2D eigenvalue weighted by atomic mass is 16.6. The van der Waals surface area contributed by atoms with E-state index in [2.05, 4.69) is 5.32 Å². The van der Waals surface area contributed by atoms with Crippen molar-refractivity contribution in [2.75, 3.05) is 13.2 Å². The van der Waals surface area contributed by atoms with Crippen LogP contribution in [0, 0.1) is 0 Å². The topological polar surface area (TPSA) is 73.9 Å². The van der Waals surface area contributed by atoms with Crippen LogP contribution in [0.2, 0.25) is 0 Å². The van der Waals surface area contributed by atoms with Crippen molar-refractivity contribution in [1.82, 2.24) is 5.32 Å². The van der Waals surface area contributed by atoms with Crippen molar-refractivity contribution in [2.45, 2.75) is 45.4 Å². The average molecular weight is 245 g/mol. The van der Waals surface area contributed by atoms with Gasteiger partial charge in [-0.2, -0.15) is 0 Å². The highest BCUT2D eigenvalue weighted by Gasteiger charge is 2.35. The largest absolute Gasteiger partial charge is 0.463 e. The van der Waals surface area contributed by atoms with E-state index in [0.29, 0.717) is 6.61 Å². The molecule has 1 rings (SSSR count). The summed E-state index contributed by atoms with van der Waals surface area (Å²) in [5, 5.41) is 2.67. The highest BCUT2D eigenvalue weighted by molar-refractivity contribution is 5.68. The zero-order chi connectivity index (χ0) is 13.1. The number of amides is 1. The van der Waals surface area contributed by atoms with Gasteiger partial charge in [-0.15, -0.1) is 0 Å². The van der Waals surface area contributed by atoms with E-state index in [1.807, 2.05) is 0 Å². The normalized spacial score (nSPS) is 23.5. The Morgan fingerprint density at radius 1 is 1.41 bits per heavy atom. The van der Waals surface area contributed by atoms with E-state index >= 15 is 0 Å². The van der Waals surface area contributed by atoms with Gasteiger partial charge < -0.3 is 19.5 Å². The lowest BCUT2D eigenvalue weighted by atomic mass is 10.1. The Labute approximate surface area is 101 Å². The highest BCUT2D eigenvalue weighted by Crippen LogP contribution is 2.14. The molecule has 0 aliphatic carbocycles. The van der Waals surface area contributed by atoms with Gasteiger partial charge in [0, 0.05) is 6.92 Å². The first-order valence-corrected chi connectivity index (χ1v) is 5.52. The fourth-order valence-electron chi connectivity index (χ4n) is 1.29. The predicted octanol–water partition coefficient (Wildman–Crippen LogP) is 0.842. The number of carbonyl (C=O) groups excluding carboxylic acids is 2. The number of rotatable bonds is 3. The van der Waals surface area contributed by atoms with E-state index in [-0.39, 0.29) is 24.7 Å². The molecule has 0 saturated carbocycles. The van der Waals surface area contributed by atoms with Gasteiger partial charge in [0.1, 0.15) is 18.3 Å². The maximum absolute atomic E-state index is 11.4. The number of nitrogens with one attached hydrogen (secondary N) is 1. The number of hydrogen-bond acceptors (Lipinski definition) is 5. The van der Waals surface area contributed by atoms with Gasteiger partial charge in [0.25, 0.3) is 0 Å². The van der Waals surface area contributed by atoms with Crippen LogP contribution in [-0.4, -0.2) is 43.0 Å². The van der Waals surface area contributed by atoms with E-state index < -0.39 is 11.7 Å². The lowest BCUT2D eigenvalue weighted by Crippen LogP contribution is -2.58. The second-order valence-electron chi connectivity index (χ2n) is 4.93. The summed E-state index contributed by atoms with van der Waals surface area (Å²) >= 11 is 0. The summed E-state index contributed by atoms with van der Waals surface area (Å²) in [6, 6.07) is -0.163. The molecule has 17 heavy (non-hydrogen) atoms. The quantitative estimate of drug-likeness (QED) is 0.746. The molecule has 1 saturated heterocycles. The molecule has 0 aromatic heterocycles. The molecule has 0 spiro atoms. The number of carbonyl (C=O) groups is 2. The van der Waals surface area contributed by atoms with Crippen LogP contribution < -0.4 is 5.32 Å². The third-order valence-electron chi connectivity index (χ3n) is 2.09. The number of hydrogen-bond donors (Lipinski definition) is 1. The minimum atomic E-state index is -0.528. The van der Waals surface area contributed by atoms with Gasteiger partial charge in [0.2, 0.25) is 0 Å². The van der Waals surface area contributed by atoms with E-state index in [1.165, 1.54) is 6.92 Å². The third kappa shape index (κ3) is 5.04. The zero-order valence-corrected chi connectivity index (χ0v) is 10.6. The van der Waals surface area contributed by atoms with Crippen LogP contribution in [0.4, 0.5) is 4.79 Å². The summed E-state index contributed by atoms with van der Waals surface area (Å²) in [6.45, 7) is 7.26. The van der Waals surface area contributed by atoms with Crippen molar-refractivity contribution in [3.63, 3.8) is 0 Å². The molecule has 1 N–H and O–H groups in total. The Balaban J connectivity index is 2.27. The molecule has 1 heterocycles. The molecule has 0 aromatic rings. The van der Waals surface area contributed by atoms with Gasteiger partial charge in [0.05, 0.1) is 12.6 Å². The molecule has 1 fully saturated rings. The maximum Gasteiger partial charge on any atom is 0.408 e. The fourth-order valence-corrected chi connectivity index (χ4v) is 1.29. The van der Waals surface area contributed by atoms with Crippen LogP contribution >= 0.6 is 0 Å². The first kappa shape index (κ1) is 13.8. The molecule has 6 heteroatoms. The second kappa shape index (κ2) is 5.35. The van der Waals surface area contributed by atoms with E-state index in [0.717, 1.165) is 0 Å². The van der Waals surface area contributed by atoms with Crippen LogP contribution in [0.5, 0.6) is 0 Å². The molecule has 0 aromatic carbocycles. The summed E-state index contributed by atoms with van der Waals surface area (Å²) in [5.41, 5.74) is -0.528. The SMILES string of the molecule is CC(=O)OC[C@H]1OC[C@@H]1NC(=O)OC(C)(C)C. The summed E-state index contributed by atoms with van der Waals surface area (Å²) < 4.78 is 15.1. The molecule has 2 atom stereocenters. The van der Waals surface area contributed by atoms with Crippen molar-refractivity contribution in [3.8, 4) is 0 Å². The van der Waals surface area contributed by atoms with Crippen molar-refractivity contribution < 1.29 is 23.8 Å². The maximum atomic E-state index is 11.4. The summed E-state index contributed by atoms with van der Waals surface area (Å²) in [4.78, 5) is 22.1. The predicted molar refractivity (Wildman–Crippen MR) is 59.5 cm³/mol. The number of esters is 1. The van der Waals surface area contributed by atoms with Crippen molar-refractivity contribution in [3.05, 3.63) is 0 Å². The van der Waals surface area contributed by atoms with Gasteiger partial charge in [-0.25, -0.2) is 4.79 Å². The molecule has 1 aliphatic heterocycles. The zero-order valence-electron chi connectivity index (χ0n) is 10.6. The van der Waals surface area contributed by atoms with Crippen LogP contribution in [0.1, 0.15) is 27.7 Å². The minimum Gasteiger partial charge on any atom is -0.463 e. The van der Waals surface area contributed by atoms with Gasteiger partial charge in [0.15, 0.2) is 0 Å². The fraction of sp³-hybridized carbons (Fsp3) is 0.818. The number of alkyl carbamates (subject to hydrolysis) is 1. The molecular formula is C11H19NO5. The molecule has 98 valence electrons. The van der Waals surface area contributed by atoms with Crippen molar-refractivity contribution in [1.29, 1.82) is 0 Å². The van der Waals surface area contributed by atoms with Crippen LogP contribution in [0.15, 0.2) is 0 Å². The van der Waals surface area contributed by atoms with E-state index in [9.17, 15) is 9.59 Å². The van der Waals surface area contributed by atoms with Crippen molar-refractivity contribution in [2.24, 2.45) is 0 Å². The van der Waals surface area contributed by atoms with Crippen LogP contribution in [0.3, 0.4) is 0 Å². The summed E-state index contributed by atoms with van der Waals surface area (Å²) in [5.74, 6) is -0.364. The molecule has 6 nitrogen and oxygen atoms in total. The second-order valence-corrected chi connectivity index (χ2v) is 4.93. The van der Waals surface area contributed by atoms with E-state index in [4.69, 9.17) is 14.2 Å². The third-order valence-corrected chi connectivity index (χ3v) is 2.09. The lowest BCUT2D eigenvalue weighted by molar-refractivity contribution is -0.156. The number of ether oxygens (including phenoxy) is 3. The van der Waals surface area contributed by atoms with Crippen LogP contribution in [0.25, 0.3) is 0 Å². The first-order valence-electron chi connectivity index (χ1n) is 5.52. The smallest absolute Gasteiger partial charge is 0.408 e. The minimum absolute atomic E-state index is 0.149. The van der Waals surface area contributed by atoms with Crippen molar-refractivity contribution >= 4 is 12.1 Å². The molecule has 0 unspecified atom stereocenters. The lowest BCUT2D eigenvalue weighted by Gasteiger charge is -2.36. The summed E-state index contributed by atoms with van der Waals surface area (Å²) in [7, 11) is 0.